The van der Waals surface area contributed by atoms with Crippen molar-refractivity contribution >= 4 is 40.5 Å². The van der Waals surface area contributed by atoms with Crippen LogP contribution in [0, 0.1) is 10.1 Å². The van der Waals surface area contributed by atoms with Crippen LogP contribution in [0.1, 0.15) is 6.92 Å². The van der Waals surface area contributed by atoms with E-state index in [9.17, 15) is 14.9 Å². The van der Waals surface area contributed by atoms with Crippen LogP contribution in [0.4, 0.5) is 11.4 Å². The molecule has 0 aliphatic carbocycles. The molecule has 0 radical (unpaired) electrons. The molecule has 0 fully saturated rings. The van der Waals surface area contributed by atoms with E-state index < -0.39 is 16.9 Å². The van der Waals surface area contributed by atoms with Crippen LogP contribution in [0.5, 0.6) is 11.5 Å². The van der Waals surface area contributed by atoms with Crippen LogP contribution in [0.2, 0.25) is 10.0 Å². The first-order chi connectivity index (χ1) is 11.8. The minimum atomic E-state index is -0.931. The number of non-ortho nitro benzene ring substituents is 1. The number of hydrogen-bond donors (Lipinski definition) is 1. The van der Waals surface area contributed by atoms with E-state index in [0.29, 0.717) is 10.0 Å². The highest BCUT2D eigenvalue weighted by Gasteiger charge is 2.20. The Morgan fingerprint density at radius 3 is 2.56 bits per heavy atom. The van der Waals surface area contributed by atoms with Crippen molar-refractivity contribution in [1.29, 1.82) is 0 Å². The van der Waals surface area contributed by atoms with Crippen molar-refractivity contribution in [1.82, 2.24) is 0 Å². The number of amides is 1. The normalized spacial score (nSPS) is 11.5. The quantitative estimate of drug-likeness (QED) is 0.591. The Labute approximate surface area is 153 Å². The lowest BCUT2D eigenvalue weighted by Crippen LogP contribution is -2.30. The molecule has 2 aromatic rings. The molecule has 1 unspecified atom stereocenters. The Morgan fingerprint density at radius 2 is 1.92 bits per heavy atom. The van der Waals surface area contributed by atoms with Crippen molar-refractivity contribution in [3.05, 3.63) is 56.6 Å². The number of halogens is 2. The van der Waals surface area contributed by atoms with Crippen molar-refractivity contribution in [3.63, 3.8) is 0 Å². The van der Waals surface area contributed by atoms with Crippen molar-refractivity contribution in [2.75, 3.05) is 12.4 Å². The molecule has 1 N–H and O–H groups in total. The molecule has 132 valence electrons. The number of benzene rings is 2. The van der Waals surface area contributed by atoms with Gasteiger partial charge in [0.15, 0.2) is 6.10 Å². The van der Waals surface area contributed by atoms with Gasteiger partial charge in [-0.25, -0.2) is 0 Å². The third-order valence-electron chi connectivity index (χ3n) is 3.22. The van der Waals surface area contributed by atoms with Gasteiger partial charge in [-0.1, -0.05) is 23.2 Å². The van der Waals surface area contributed by atoms with Crippen LogP contribution in [0.25, 0.3) is 0 Å². The zero-order valence-corrected chi connectivity index (χ0v) is 14.8. The first-order valence-electron chi connectivity index (χ1n) is 7.07. The minimum Gasteiger partial charge on any atom is -0.495 e. The van der Waals surface area contributed by atoms with E-state index in [4.69, 9.17) is 32.7 Å². The molecule has 7 nitrogen and oxygen atoms in total. The lowest BCUT2D eigenvalue weighted by atomic mass is 10.2. The van der Waals surface area contributed by atoms with Crippen molar-refractivity contribution in [2.24, 2.45) is 0 Å². The summed E-state index contributed by atoms with van der Waals surface area (Å²) in [4.78, 5) is 22.6. The topological polar surface area (TPSA) is 90.7 Å². The second kappa shape index (κ2) is 8.04. The maximum atomic E-state index is 12.3. The van der Waals surface area contributed by atoms with E-state index >= 15 is 0 Å². The third-order valence-corrected chi connectivity index (χ3v) is 3.77. The number of carbonyl (C=O) groups is 1. The van der Waals surface area contributed by atoms with Crippen LogP contribution < -0.4 is 14.8 Å². The van der Waals surface area contributed by atoms with Gasteiger partial charge >= 0.3 is 0 Å². The van der Waals surface area contributed by atoms with E-state index in [0.717, 1.165) is 0 Å². The number of hydrogen-bond acceptors (Lipinski definition) is 5. The van der Waals surface area contributed by atoms with Gasteiger partial charge in [0.05, 0.1) is 22.7 Å². The first-order valence-corrected chi connectivity index (χ1v) is 7.82. The molecule has 0 aliphatic rings. The third kappa shape index (κ3) is 4.74. The number of nitro groups is 1. The summed E-state index contributed by atoms with van der Waals surface area (Å²) in [5.41, 5.74) is -0.0168. The highest BCUT2D eigenvalue weighted by molar-refractivity contribution is 6.34. The second-order valence-electron chi connectivity index (χ2n) is 4.97. The summed E-state index contributed by atoms with van der Waals surface area (Å²) in [6, 6.07) is 8.51. The Bertz CT molecular complexity index is 813. The molecule has 0 heterocycles. The minimum absolute atomic E-state index is 0.161. The van der Waals surface area contributed by atoms with Gasteiger partial charge in [-0.3, -0.25) is 14.9 Å². The number of carbonyl (C=O) groups excluding carboxylic acids is 1. The number of nitro benzene ring substituents is 1. The second-order valence-corrected chi connectivity index (χ2v) is 5.81. The Morgan fingerprint density at radius 1 is 1.20 bits per heavy atom. The van der Waals surface area contributed by atoms with E-state index in [2.05, 4.69) is 5.32 Å². The van der Waals surface area contributed by atoms with E-state index in [1.165, 1.54) is 38.3 Å². The van der Waals surface area contributed by atoms with Gasteiger partial charge in [0.25, 0.3) is 11.6 Å². The van der Waals surface area contributed by atoms with Crippen LogP contribution in [0.3, 0.4) is 0 Å². The molecule has 0 aromatic heterocycles. The lowest BCUT2D eigenvalue weighted by Gasteiger charge is -2.17. The Kier molecular flexibility index (Phi) is 6.06. The highest BCUT2D eigenvalue weighted by atomic mass is 35.5. The summed E-state index contributed by atoms with van der Waals surface area (Å²) in [5, 5.41) is 14.1. The van der Waals surface area contributed by atoms with Gasteiger partial charge in [0.1, 0.15) is 11.5 Å². The fourth-order valence-corrected chi connectivity index (χ4v) is 2.28. The smallest absolute Gasteiger partial charge is 0.271 e. The van der Waals surface area contributed by atoms with Crippen molar-refractivity contribution in [3.8, 4) is 11.5 Å². The summed E-state index contributed by atoms with van der Waals surface area (Å²) < 4.78 is 10.6. The number of ether oxygens (including phenoxy) is 2. The van der Waals surface area contributed by atoms with Gasteiger partial charge in [-0.15, -0.1) is 0 Å². The van der Waals surface area contributed by atoms with Gasteiger partial charge in [-0.05, 0) is 25.1 Å². The number of nitrogens with one attached hydrogen (secondary N) is 1. The number of anilines is 1. The summed E-state index contributed by atoms with van der Waals surface area (Å²) in [7, 11) is 1.39. The molecule has 2 aromatic carbocycles. The molecule has 2 rings (SSSR count). The predicted octanol–water partition coefficient (Wildman–Crippen LogP) is 4.32. The molecule has 1 atom stereocenters. The molecular weight excluding hydrogens is 371 g/mol. The Balaban J connectivity index is 2.17. The highest BCUT2D eigenvalue weighted by Crippen LogP contribution is 2.30. The predicted molar refractivity (Wildman–Crippen MR) is 94.8 cm³/mol. The van der Waals surface area contributed by atoms with Gasteiger partial charge in [-0.2, -0.15) is 0 Å². The molecular formula is C16H14Cl2N2O5. The lowest BCUT2D eigenvalue weighted by molar-refractivity contribution is -0.384. The molecule has 0 saturated carbocycles. The van der Waals surface area contributed by atoms with Gasteiger partial charge in [0, 0.05) is 23.2 Å². The van der Waals surface area contributed by atoms with Gasteiger partial charge < -0.3 is 14.8 Å². The summed E-state index contributed by atoms with van der Waals surface area (Å²) >= 11 is 11.9. The number of methoxy groups -OCH3 is 1. The SMILES string of the molecule is COc1ccc([N+](=O)[O-])cc1NC(=O)C(C)Oc1cc(Cl)ccc1Cl. The first kappa shape index (κ1) is 18.8. The summed E-state index contributed by atoms with van der Waals surface area (Å²) in [6.07, 6.45) is -0.931. The van der Waals surface area contributed by atoms with Crippen LogP contribution >= 0.6 is 23.2 Å². The number of nitrogens with zero attached hydrogens (tertiary/aromatic N) is 1. The van der Waals surface area contributed by atoms with Gasteiger partial charge in [0.2, 0.25) is 0 Å². The largest absolute Gasteiger partial charge is 0.495 e. The molecule has 9 heteroatoms. The fraction of sp³-hybridized carbons (Fsp3) is 0.188. The summed E-state index contributed by atoms with van der Waals surface area (Å²) in [6.45, 7) is 1.51. The molecule has 25 heavy (non-hydrogen) atoms. The van der Waals surface area contributed by atoms with Crippen molar-refractivity contribution < 1.29 is 19.2 Å². The maximum absolute atomic E-state index is 12.3. The average Bonchev–Trinajstić information content (AvgIpc) is 2.57. The molecule has 0 saturated heterocycles. The average molecular weight is 385 g/mol. The zero-order chi connectivity index (χ0) is 18.6. The van der Waals surface area contributed by atoms with E-state index in [1.807, 2.05) is 0 Å². The zero-order valence-electron chi connectivity index (χ0n) is 13.3. The maximum Gasteiger partial charge on any atom is 0.271 e. The van der Waals surface area contributed by atoms with Crippen molar-refractivity contribution in [2.45, 2.75) is 13.0 Å². The molecule has 0 bridgehead atoms. The van der Waals surface area contributed by atoms with E-state index in [1.54, 1.807) is 12.1 Å². The molecule has 0 aliphatic heterocycles. The number of rotatable bonds is 6. The fourth-order valence-electron chi connectivity index (χ4n) is 1.95. The molecule has 0 spiro atoms. The monoisotopic (exact) mass is 384 g/mol. The Hall–Kier alpha value is -2.51. The van der Waals surface area contributed by atoms with Crippen LogP contribution in [-0.2, 0) is 4.79 Å². The van der Waals surface area contributed by atoms with Crippen LogP contribution in [0.15, 0.2) is 36.4 Å². The summed E-state index contributed by atoms with van der Waals surface area (Å²) in [5.74, 6) is 0.00426. The molecule has 1 amide bonds. The van der Waals surface area contributed by atoms with Crippen LogP contribution in [-0.4, -0.2) is 24.0 Å². The standard InChI is InChI=1S/C16H14Cl2N2O5/c1-9(25-15-7-10(17)3-5-12(15)18)16(21)19-13-8-11(20(22)23)4-6-14(13)24-2/h3-9H,1-2H3,(H,19,21). The van der Waals surface area contributed by atoms with E-state index in [-0.39, 0.29) is 22.9 Å².